The molecule has 0 aliphatic carbocycles. The van der Waals surface area contributed by atoms with E-state index in [1.54, 1.807) is 0 Å². The second kappa shape index (κ2) is 9.25. The number of nitrogens with one attached hydrogen (secondary N) is 2. The molecule has 4 rings (SSSR count). The Bertz CT molecular complexity index is 1010. The number of hydrogen-bond donors (Lipinski definition) is 2. The lowest BCUT2D eigenvalue weighted by Crippen LogP contribution is -2.24. The van der Waals surface area contributed by atoms with E-state index in [9.17, 15) is 9.59 Å². The fraction of sp³-hybridized carbons (Fsp3) is 0.222. The van der Waals surface area contributed by atoms with Gasteiger partial charge in [0.15, 0.2) is 15.8 Å². The Kier molecular flexibility index (Phi) is 6.27. The van der Waals surface area contributed by atoms with Crippen molar-refractivity contribution in [2.24, 2.45) is 0 Å². The summed E-state index contributed by atoms with van der Waals surface area (Å²) < 4.78 is 11.2. The maximum atomic E-state index is 12.1. The Morgan fingerprint density at radius 3 is 2.90 bits per heavy atom. The number of carbonyl (C=O) groups excluding carboxylic acids is 2. The largest absolute Gasteiger partial charge is 0.454 e. The van der Waals surface area contributed by atoms with E-state index in [4.69, 9.17) is 9.47 Å². The van der Waals surface area contributed by atoms with Crippen LogP contribution in [0.4, 0.5) is 5.13 Å². The number of aromatic nitrogens is 2. The Balaban J connectivity index is 1.20. The van der Waals surface area contributed by atoms with E-state index in [1.165, 1.54) is 34.4 Å². The second-order valence-corrected chi connectivity index (χ2v) is 9.16. The van der Waals surface area contributed by atoms with Crippen LogP contribution in [-0.4, -0.2) is 34.6 Å². The number of carbonyl (C=O) groups is 2. The van der Waals surface area contributed by atoms with Gasteiger partial charge in [-0.2, -0.15) is 0 Å². The summed E-state index contributed by atoms with van der Waals surface area (Å²) in [5, 5.41) is 15.9. The van der Waals surface area contributed by atoms with Crippen molar-refractivity contribution in [1.29, 1.82) is 0 Å². The highest BCUT2D eigenvalue weighted by atomic mass is 32.2. The zero-order valence-electron chi connectivity index (χ0n) is 15.0. The summed E-state index contributed by atoms with van der Waals surface area (Å²) in [6.45, 7) is 0.621. The molecule has 11 heteroatoms. The molecule has 0 saturated carbocycles. The molecule has 0 spiro atoms. The standard InChI is InChI=1S/C18H16N4O4S3/c23-15(7-12-2-1-5-27-12)20-17-21-22-18(29-17)28-9-16(24)19-8-11-3-4-13-14(6-11)26-10-25-13/h1-6H,7-10H2,(H,19,24)(H,20,21,23). The molecule has 150 valence electrons. The fourth-order valence-electron chi connectivity index (χ4n) is 2.48. The lowest BCUT2D eigenvalue weighted by atomic mass is 10.2. The van der Waals surface area contributed by atoms with E-state index in [1.807, 2.05) is 35.7 Å². The summed E-state index contributed by atoms with van der Waals surface area (Å²) in [5.74, 6) is 1.36. The minimum atomic E-state index is -0.137. The van der Waals surface area contributed by atoms with Gasteiger partial charge in [0.05, 0.1) is 12.2 Å². The van der Waals surface area contributed by atoms with Gasteiger partial charge in [0, 0.05) is 11.4 Å². The molecule has 8 nitrogen and oxygen atoms in total. The maximum absolute atomic E-state index is 12.1. The van der Waals surface area contributed by atoms with Crippen LogP contribution in [0.3, 0.4) is 0 Å². The van der Waals surface area contributed by atoms with Gasteiger partial charge >= 0.3 is 0 Å². The van der Waals surface area contributed by atoms with Crippen LogP contribution in [0.5, 0.6) is 11.5 Å². The van der Waals surface area contributed by atoms with E-state index >= 15 is 0 Å². The first kappa shape index (κ1) is 19.7. The smallest absolute Gasteiger partial charge is 0.231 e. The Labute approximate surface area is 178 Å². The van der Waals surface area contributed by atoms with Crippen molar-refractivity contribution >= 4 is 51.4 Å². The molecular formula is C18H16N4O4S3. The van der Waals surface area contributed by atoms with Crippen LogP contribution in [0.15, 0.2) is 40.1 Å². The van der Waals surface area contributed by atoms with E-state index in [0.29, 0.717) is 33.9 Å². The van der Waals surface area contributed by atoms with Gasteiger partial charge in [0.1, 0.15) is 0 Å². The Morgan fingerprint density at radius 2 is 2.03 bits per heavy atom. The zero-order valence-corrected chi connectivity index (χ0v) is 17.5. The summed E-state index contributed by atoms with van der Waals surface area (Å²) in [6.07, 6.45) is 0.308. The molecule has 3 aromatic rings. The minimum absolute atomic E-state index is 0.119. The van der Waals surface area contributed by atoms with Crippen molar-refractivity contribution in [3.8, 4) is 11.5 Å². The topological polar surface area (TPSA) is 102 Å². The Morgan fingerprint density at radius 1 is 1.14 bits per heavy atom. The third-order valence-electron chi connectivity index (χ3n) is 3.82. The number of benzene rings is 1. The molecule has 0 fully saturated rings. The number of anilines is 1. The summed E-state index contributed by atoms with van der Waals surface area (Å²) in [7, 11) is 0. The first-order chi connectivity index (χ1) is 14.2. The van der Waals surface area contributed by atoms with Gasteiger partial charge < -0.3 is 20.1 Å². The third kappa shape index (κ3) is 5.46. The number of nitrogens with zero attached hydrogens (tertiary/aromatic N) is 2. The van der Waals surface area contributed by atoms with Gasteiger partial charge in [-0.05, 0) is 29.1 Å². The molecule has 1 aromatic carbocycles. The van der Waals surface area contributed by atoms with Gasteiger partial charge in [-0.3, -0.25) is 9.59 Å². The lowest BCUT2D eigenvalue weighted by molar-refractivity contribution is -0.118. The molecule has 0 saturated heterocycles. The number of fused-ring (bicyclic) bond motifs is 1. The number of thiophene rings is 1. The number of rotatable bonds is 8. The number of thioether (sulfide) groups is 1. The molecule has 29 heavy (non-hydrogen) atoms. The summed E-state index contributed by atoms with van der Waals surface area (Å²) in [5.41, 5.74) is 0.930. The predicted octanol–water partition coefficient (Wildman–Crippen LogP) is 2.92. The molecule has 0 bridgehead atoms. The summed E-state index contributed by atoms with van der Waals surface area (Å²) in [6, 6.07) is 9.38. The van der Waals surface area contributed by atoms with E-state index in [2.05, 4.69) is 20.8 Å². The average Bonchev–Trinajstić information content (AvgIpc) is 3.46. The van der Waals surface area contributed by atoms with Crippen LogP contribution in [0.2, 0.25) is 0 Å². The predicted molar refractivity (Wildman–Crippen MR) is 112 cm³/mol. The number of ether oxygens (including phenoxy) is 2. The first-order valence-corrected chi connectivity index (χ1v) is 11.3. The molecule has 1 aliphatic rings. The van der Waals surface area contributed by atoms with Gasteiger partial charge in [0.25, 0.3) is 0 Å². The van der Waals surface area contributed by atoms with Crippen LogP contribution >= 0.6 is 34.4 Å². The number of hydrogen-bond acceptors (Lipinski definition) is 9. The van der Waals surface area contributed by atoms with Crippen LogP contribution in [0.1, 0.15) is 10.4 Å². The quantitative estimate of drug-likeness (QED) is 0.403. The van der Waals surface area contributed by atoms with Crippen molar-refractivity contribution in [1.82, 2.24) is 15.5 Å². The van der Waals surface area contributed by atoms with Crippen LogP contribution in [0.25, 0.3) is 0 Å². The van der Waals surface area contributed by atoms with Crippen molar-refractivity contribution in [2.75, 3.05) is 17.9 Å². The monoisotopic (exact) mass is 448 g/mol. The van der Waals surface area contributed by atoms with Crippen molar-refractivity contribution in [2.45, 2.75) is 17.3 Å². The molecule has 0 unspecified atom stereocenters. The van der Waals surface area contributed by atoms with E-state index < -0.39 is 0 Å². The summed E-state index contributed by atoms with van der Waals surface area (Å²) >= 11 is 4.05. The molecule has 2 aromatic heterocycles. The van der Waals surface area contributed by atoms with Gasteiger partial charge in [0.2, 0.25) is 23.7 Å². The average molecular weight is 449 g/mol. The highest BCUT2D eigenvalue weighted by molar-refractivity contribution is 8.01. The van der Waals surface area contributed by atoms with E-state index in [0.717, 1.165) is 10.4 Å². The van der Waals surface area contributed by atoms with Gasteiger partial charge in [-0.1, -0.05) is 35.2 Å². The van der Waals surface area contributed by atoms with Crippen molar-refractivity contribution in [3.63, 3.8) is 0 Å². The molecule has 2 amide bonds. The SMILES string of the molecule is O=C(CSc1nnc(NC(=O)Cc2cccs2)s1)NCc1ccc2c(c1)OCO2. The van der Waals surface area contributed by atoms with E-state index in [-0.39, 0.29) is 24.4 Å². The summed E-state index contributed by atoms with van der Waals surface area (Å²) in [4.78, 5) is 25.1. The van der Waals surface area contributed by atoms with Crippen molar-refractivity contribution in [3.05, 3.63) is 46.2 Å². The molecule has 2 N–H and O–H groups in total. The van der Waals surface area contributed by atoms with Crippen LogP contribution < -0.4 is 20.1 Å². The zero-order chi connectivity index (χ0) is 20.1. The van der Waals surface area contributed by atoms with Gasteiger partial charge in [-0.15, -0.1) is 21.5 Å². The molecular weight excluding hydrogens is 432 g/mol. The maximum Gasteiger partial charge on any atom is 0.231 e. The highest BCUT2D eigenvalue weighted by Gasteiger charge is 2.14. The second-order valence-electron chi connectivity index (χ2n) is 5.93. The molecule has 0 atom stereocenters. The lowest BCUT2D eigenvalue weighted by Gasteiger charge is -2.05. The third-order valence-corrected chi connectivity index (χ3v) is 6.67. The van der Waals surface area contributed by atoms with Crippen LogP contribution in [-0.2, 0) is 22.6 Å². The molecule has 3 heterocycles. The molecule has 1 aliphatic heterocycles. The highest BCUT2D eigenvalue weighted by Crippen LogP contribution is 2.32. The molecule has 0 radical (unpaired) electrons. The first-order valence-electron chi connectivity index (χ1n) is 8.59. The van der Waals surface area contributed by atoms with Crippen molar-refractivity contribution < 1.29 is 19.1 Å². The normalized spacial score (nSPS) is 12.0. The minimum Gasteiger partial charge on any atom is -0.454 e. The Hall–Kier alpha value is -2.63. The fourth-order valence-corrected chi connectivity index (χ4v) is 4.78. The van der Waals surface area contributed by atoms with Gasteiger partial charge in [-0.25, -0.2) is 0 Å². The van der Waals surface area contributed by atoms with Crippen LogP contribution in [0, 0.1) is 0 Å². The number of amides is 2.